The monoisotopic (exact) mass is 226 g/mol. The fourth-order valence-corrected chi connectivity index (χ4v) is 3.28. The molecular formula is C10H14N2O2S. The summed E-state index contributed by atoms with van der Waals surface area (Å²) in [6.07, 6.45) is 0. The van der Waals surface area contributed by atoms with Gasteiger partial charge in [0.15, 0.2) is 0 Å². The number of rotatable bonds is 0. The summed E-state index contributed by atoms with van der Waals surface area (Å²) in [7, 11) is -1.73. The van der Waals surface area contributed by atoms with Crippen LogP contribution < -0.4 is 5.32 Å². The molecule has 0 aliphatic carbocycles. The standard InChI is InChI=1S/C10H14N2O2S/c1-7-4-5-8(2)10-9(7)11-6-12(3)15(10,13)14/h4-5,11H,6H2,1-3H3. The fourth-order valence-electron chi connectivity index (χ4n) is 1.77. The van der Waals surface area contributed by atoms with Crippen LogP contribution in [0.2, 0.25) is 0 Å². The number of nitrogens with one attached hydrogen (secondary N) is 1. The molecular weight excluding hydrogens is 212 g/mol. The van der Waals surface area contributed by atoms with Gasteiger partial charge in [-0.15, -0.1) is 0 Å². The highest BCUT2D eigenvalue weighted by Gasteiger charge is 2.30. The fraction of sp³-hybridized carbons (Fsp3) is 0.400. The van der Waals surface area contributed by atoms with E-state index in [-0.39, 0.29) is 0 Å². The Labute approximate surface area is 90.0 Å². The van der Waals surface area contributed by atoms with E-state index in [1.807, 2.05) is 26.0 Å². The second-order valence-electron chi connectivity index (χ2n) is 3.84. The molecule has 2 rings (SSSR count). The van der Waals surface area contributed by atoms with E-state index in [4.69, 9.17) is 0 Å². The lowest BCUT2D eigenvalue weighted by molar-refractivity contribution is 0.481. The van der Waals surface area contributed by atoms with Crippen LogP contribution in [0.15, 0.2) is 17.0 Å². The lowest BCUT2D eigenvalue weighted by Gasteiger charge is -2.28. The molecule has 1 N–H and O–H groups in total. The summed E-state index contributed by atoms with van der Waals surface area (Å²) in [5.41, 5.74) is 2.50. The van der Waals surface area contributed by atoms with E-state index in [0.717, 1.165) is 16.8 Å². The van der Waals surface area contributed by atoms with Crippen LogP contribution in [-0.2, 0) is 10.0 Å². The molecule has 0 saturated carbocycles. The third kappa shape index (κ3) is 1.42. The zero-order valence-corrected chi connectivity index (χ0v) is 9.85. The minimum absolute atomic E-state index is 0.333. The Bertz CT molecular complexity index is 508. The van der Waals surface area contributed by atoms with Crippen LogP contribution in [0.4, 0.5) is 5.69 Å². The number of sulfonamides is 1. The zero-order chi connectivity index (χ0) is 11.2. The highest BCUT2D eigenvalue weighted by molar-refractivity contribution is 7.89. The highest BCUT2D eigenvalue weighted by atomic mass is 32.2. The minimum Gasteiger partial charge on any atom is -0.370 e. The third-order valence-corrected chi connectivity index (χ3v) is 4.70. The molecule has 1 aromatic carbocycles. The molecule has 0 fully saturated rings. The molecule has 0 saturated heterocycles. The number of fused-ring (bicyclic) bond motifs is 1. The Balaban J connectivity index is 2.80. The summed E-state index contributed by atoms with van der Waals surface area (Å²) in [4.78, 5) is 0.413. The van der Waals surface area contributed by atoms with Gasteiger partial charge in [0.25, 0.3) is 0 Å². The van der Waals surface area contributed by atoms with Crippen molar-refractivity contribution in [2.24, 2.45) is 0 Å². The van der Waals surface area contributed by atoms with Gasteiger partial charge in [0.1, 0.15) is 4.90 Å². The van der Waals surface area contributed by atoms with E-state index in [1.165, 1.54) is 4.31 Å². The first-order valence-electron chi connectivity index (χ1n) is 4.75. The van der Waals surface area contributed by atoms with Gasteiger partial charge in [-0.05, 0) is 25.0 Å². The highest BCUT2D eigenvalue weighted by Crippen LogP contribution is 2.33. The van der Waals surface area contributed by atoms with Crippen LogP contribution in [0, 0.1) is 13.8 Å². The molecule has 1 aliphatic rings. The average Bonchev–Trinajstić information content (AvgIpc) is 2.16. The van der Waals surface area contributed by atoms with Crippen LogP contribution in [0.1, 0.15) is 11.1 Å². The van der Waals surface area contributed by atoms with Crippen molar-refractivity contribution in [1.82, 2.24) is 4.31 Å². The predicted octanol–water partition coefficient (Wildman–Crippen LogP) is 1.31. The van der Waals surface area contributed by atoms with Crippen LogP contribution in [0.5, 0.6) is 0 Å². The molecule has 1 aromatic rings. The minimum atomic E-state index is -3.30. The third-order valence-electron chi connectivity index (χ3n) is 2.71. The SMILES string of the molecule is Cc1ccc(C)c2c1NCN(C)S2(=O)=O. The van der Waals surface area contributed by atoms with Crippen molar-refractivity contribution < 1.29 is 8.42 Å². The predicted molar refractivity (Wildman–Crippen MR) is 59.4 cm³/mol. The summed E-state index contributed by atoms with van der Waals surface area (Å²) >= 11 is 0. The number of aryl methyl sites for hydroxylation is 2. The van der Waals surface area contributed by atoms with Crippen molar-refractivity contribution in [1.29, 1.82) is 0 Å². The number of hydrogen-bond acceptors (Lipinski definition) is 3. The Morgan fingerprint density at radius 3 is 2.53 bits per heavy atom. The lowest BCUT2D eigenvalue weighted by Crippen LogP contribution is -2.37. The van der Waals surface area contributed by atoms with E-state index in [1.54, 1.807) is 7.05 Å². The molecule has 1 aliphatic heterocycles. The van der Waals surface area contributed by atoms with E-state index in [0.29, 0.717) is 11.6 Å². The van der Waals surface area contributed by atoms with Gasteiger partial charge in [0.05, 0.1) is 12.4 Å². The van der Waals surface area contributed by atoms with Gasteiger partial charge in [0, 0.05) is 7.05 Å². The summed E-state index contributed by atoms with van der Waals surface area (Å²) in [5, 5.41) is 3.12. The van der Waals surface area contributed by atoms with Gasteiger partial charge in [-0.25, -0.2) is 8.42 Å². The van der Waals surface area contributed by atoms with Crippen LogP contribution in [0.3, 0.4) is 0 Å². The van der Waals surface area contributed by atoms with Gasteiger partial charge >= 0.3 is 0 Å². The Morgan fingerprint density at radius 1 is 1.27 bits per heavy atom. The lowest BCUT2D eigenvalue weighted by atomic mass is 10.1. The quantitative estimate of drug-likeness (QED) is 0.725. The molecule has 1 heterocycles. The van der Waals surface area contributed by atoms with Crippen LogP contribution in [-0.4, -0.2) is 26.4 Å². The van der Waals surface area contributed by atoms with Gasteiger partial charge in [0.2, 0.25) is 10.0 Å². The largest absolute Gasteiger partial charge is 0.370 e. The summed E-state index contributed by atoms with van der Waals surface area (Å²) in [6.45, 7) is 4.06. The topological polar surface area (TPSA) is 49.4 Å². The van der Waals surface area contributed by atoms with Gasteiger partial charge in [-0.1, -0.05) is 12.1 Å². The van der Waals surface area contributed by atoms with E-state index >= 15 is 0 Å². The maximum Gasteiger partial charge on any atom is 0.246 e. The molecule has 0 aromatic heterocycles. The molecule has 0 unspecified atom stereocenters. The van der Waals surface area contributed by atoms with Crippen LogP contribution in [0.25, 0.3) is 0 Å². The van der Waals surface area contributed by atoms with Crippen molar-refractivity contribution in [3.05, 3.63) is 23.3 Å². The van der Waals surface area contributed by atoms with Crippen LogP contribution >= 0.6 is 0 Å². The van der Waals surface area contributed by atoms with Gasteiger partial charge in [-0.3, -0.25) is 0 Å². The second kappa shape index (κ2) is 3.21. The molecule has 82 valence electrons. The van der Waals surface area contributed by atoms with Crippen molar-refractivity contribution >= 4 is 15.7 Å². The molecule has 0 bridgehead atoms. The molecule has 4 nitrogen and oxygen atoms in total. The van der Waals surface area contributed by atoms with Crippen molar-refractivity contribution in [3.63, 3.8) is 0 Å². The Morgan fingerprint density at radius 2 is 1.87 bits per heavy atom. The van der Waals surface area contributed by atoms with E-state index in [2.05, 4.69) is 5.32 Å². The maximum absolute atomic E-state index is 12.1. The Kier molecular flexibility index (Phi) is 2.24. The van der Waals surface area contributed by atoms with Gasteiger partial charge < -0.3 is 5.32 Å². The maximum atomic E-state index is 12.1. The Hall–Kier alpha value is -1.07. The summed E-state index contributed by atoms with van der Waals surface area (Å²) < 4.78 is 25.4. The van der Waals surface area contributed by atoms with E-state index < -0.39 is 10.0 Å². The second-order valence-corrected chi connectivity index (χ2v) is 5.82. The zero-order valence-electron chi connectivity index (χ0n) is 9.03. The molecule has 0 amide bonds. The number of benzene rings is 1. The first kappa shape index (κ1) is 10.4. The molecule has 15 heavy (non-hydrogen) atoms. The van der Waals surface area contributed by atoms with Crippen molar-refractivity contribution in [2.45, 2.75) is 18.7 Å². The molecule has 0 spiro atoms. The van der Waals surface area contributed by atoms with Gasteiger partial charge in [-0.2, -0.15) is 4.31 Å². The number of hydrogen-bond donors (Lipinski definition) is 1. The summed E-state index contributed by atoms with van der Waals surface area (Å²) in [5.74, 6) is 0. The smallest absolute Gasteiger partial charge is 0.246 e. The first-order chi connectivity index (χ1) is 6.94. The average molecular weight is 226 g/mol. The van der Waals surface area contributed by atoms with Crippen molar-refractivity contribution in [2.75, 3.05) is 19.0 Å². The number of nitrogens with zero attached hydrogens (tertiary/aromatic N) is 1. The molecule has 0 atom stereocenters. The number of anilines is 1. The van der Waals surface area contributed by atoms with Crippen molar-refractivity contribution in [3.8, 4) is 0 Å². The molecule has 5 heteroatoms. The summed E-state index contributed by atoms with van der Waals surface area (Å²) in [6, 6.07) is 3.77. The normalized spacial score (nSPS) is 19.4. The first-order valence-corrected chi connectivity index (χ1v) is 6.19. The van der Waals surface area contributed by atoms with E-state index in [9.17, 15) is 8.42 Å². The molecule has 0 radical (unpaired) electrons.